The van der Waals surface area contributed by atoms with Crippen LogP contribution in [0.3, 0.4) is 0 Å². The van der Waals surface area contributed by atoms with E-state index in [9.17, 15) is 0 Å². The van der Waals surface area contributed by atoms with Gasteiger partial charge in [-0.25, -0.2) is 4.98 Å². The predicted octanol–water partition coefficient (Wildman–Crippen LogP) is 3.40. The number of imidazole rings is 1. The number of nitrogens with zero attached hydrogens (tertiary/aromatic N) is 2. The molecule has 0 spiro atoms. The fourth-order valence-corrected chi connectivity index (χ4v) is 3.78. The third-order valence-electron chi connectivity index (χ3n) is 3.75. The summed E-state index contributed by atoms with van der Waals surface area (Å²) < 4.78 is 7.43. The summed E-state index contributed by atoms with van der Waals surface area (Å²) in [6.07, 6.45) is 0.983. The average Bonchev–Trinajstić information content (AvgIpc) is 3.01. The number of rotatable bonds is 4. The Labute approximate surface area is 128 Å². The summed E-state index contributed by atoms with van der Waals surface area (Å²) in [5, 5.41) is 0. The van der Waals surface area contributed by atoms with E-state index in [4.69, 9.17) is 15.5 Å². The van der Waals surface area contributed by atoms with Crippen LogP contribution in [0.2, 0.25) is 0 Å². The molecule has 0 unspecified atom stereocenters. The molecule has 2 N–H and O–H groups in total. The number of fused-ring (bicyclic) bond motifs is 1. The Bertz CT molecular complexity index is 771. The molecule has 2 aromatic heterocycles. The molecule has 0 amide bonds. The van der Waals surface area contributed by atoms with E-state index in [-0.39, 0.29) is 0 Å². The normalized spacial score (nSPS) is 11.2. The van der Waals surface area contributed by atoms with Gasteiger partial charge in [0.25, 0.3) is 0 Å². The van der Waals surface area contributed by atoms with Gasteiger partial charge in [-0.2, -0.15) is 0 Å². The van der Waals surface area contributed by atoms with Crippen LogP contribution in [0.1, 0.15) is 23.2 Å². The maximum Gasteiger partial charge on any atom is 0.194 e. The average molecular weight is 301 g/mol. The molecule has 0 aliphatic carbocycles. The van der Waals surface area contributed by atoms with Crippen molar-refractivity contribution in [3.05, 3.63) is 40.5 Å². The molecule has 1 aromatic carbocycles. The van der Waals surface area contributed by atoms with E-state index < -0.39 is 0 Å². The summed E-state index contributed by atoms with van der Waals surface area (Å²) in [5.41, 5.74) is 10.4. The van der Waals surface area contributed by atoms with E-state index in [1.807, 2.05) is 24.3 Å². The Hall–Kier alpha value is -1.85. The number of benzene rings is 1. The molecule has 5 heteroatoms. The Morgan fingerprint density at radius 3 is 2.52 bits per heavy atom. The van der Waals surface area contributed by atoms with E-state index >= 15 is 0 Å². The lowest BCUT2D eigenvalue weighted by atomic mass is 10.1. The highest BCUT2D eigenvalue weighted by atomic mass is 32.1. The molecule has 3 rings (SSSR count). The van der Waals surface area contributed by atoms with Crippen LogP contribution in [0.25, 0.3) is 16.2 Å². The van der Waals surface area contributed by atoms with Crippen LogP contribution in [0, 0.1) is 6.92 Å². The van der Waals surface area contributed by atoms with Gasteiger partial charge in [0.15, 0.2) is 4.96 Å². The summed E-state index contributed by atoms with van der Waals surface area (Å²) in [6.45, 7) is 4.79. The van der Waals surface area contributed by atoms with Crippen molar-refractivity contribution in [2.75, 3.05) is 7.11 Å². The van der Waals surface area contributed by atoms with Gasteiger partial charge in [0.05, 0.1) is 18.5 Å². The molecule has 21 heavy (non-hydrogen) atoms. The lowest BCUT2D eigenvalue weighted by Crippen LogP contribution is -2.04. The maximum atomic E-state index is 6.01. The largest absolute Gasteiger partial charge is 0.497 e. The molecule has 0 radical (unpaired) electrons. The van der Waals surface area contributed by atoms with E-state index in [0.717, 1.165) is 34.1 Å². The zero-order chi connectivity index (χ0) is 15.0. The van der Waals surface area contributed by atoms with E-state index in [2.05, 4.69) is 18.2 Å². The van der Waals surface area contributed by atoms with E-state index in [0.29, 0.717) is 6.54 Å². The second-order valence-electron chi connectivity index (χ2n) is 4.92. The first-order valence-electron chi connectivity index (χ1n) is 7.03. The molecular formula is C16H19N3OS. The molecular weight excluding hydrogens is 282 g/mol. The van der Waals surface area contributed by atoms with E-state index in [1.54, 1.807) is 18.4 Å². The molecule has 0 aliphatic heterocycles. The van der Waals surface area contributed by atoms with Crippen LogP contribution >= 0.6 is 11.3 Å². The van der Waals surface area contributed by atoms with Crippen LogP contribution in [-0.4, -0.2) is 16.5 Å². The number of ether oxygens (including phenoxy) is 1. The van der Waals surface area contributed by atoms with Crippen LogP contribution in [0.4, 0.5) is 0 Å². The van der Waals surface area contributed by atoms with Gasteiger partial charge in [-0.15, -0.1) is 11.3 Å². The first-order chi connectivity index (χ1) is 10.2. The summed E-state index contributed by atoms with van der Waals surface area (Å²) in [6, 6.07) is 7.97. The van der Waals surface area contributed by atoms with Gasteiger partial charge in [0.2, 0.25) is 0 Å². The van der Waals surface area contributed by atoms with Crippen molar-refractivity contribution in [3.63, 3.8) is 0 Å². The topological polar surface area (TPSA) is 52.5 Å². The minimum absolute atomic E-state index is 0.478. The van der Waals surface area contributed by atoms with Crippen molar-refractivity contribution in [1.82, 2.24) is 9.38 Å². The molecule has 0 bridgehead atoms. The molecule has 0 saturated carbocycles. The fraction of sp³-hybridized carbons (Fsp3) is 0.312. The highest BCUT2D eigenvalue weighted by Crippen LogP contribution is 2.31. The third-order valence-corrected chi connectivity index (χ3v) is 4.75. The number of aryl methyl sites for hydroxylation is 2. The Kier molecular flexibility index (Phi) is 3.69. The number of nitrogens with two attached hydrogens (primary N) is 1. The smallest absolute Gasteiger partial charge is 0.194 e. The van der Waals surface area contributed by atoms with Gasteiger partial charge in [-0.05, 0) is 37.6 Å². The second-order valence-corrected chi connectivity index (χ2v) is 6.10. The third kappa shape index (κ3) is 2.22. The first-order valence-corrected chi connectivity index (χ1v) is 7.85. The SMILES string of the molecule is CCc1c(C)sc2nc(-c3ccc(OC)cc3)c(CN)n12. The Morgan fingerprint density at radius 1 is 1.24 bits per heavy atom. The number of aromatic nitrogens is 2. The molecule has 0 saturated heterocycles. The second kappa shape index (κ2) is 5.50. The lowest BCUT2D eigenvalue weighted by Gasteiger charge is -2.05. The minimum atomic E-state index is 0.478. The van der Waals surface area contributed by atoms with Crippen molar-refractivity contribution in [2.24, 2.45) is 5.73 Å². The van der Waals surface area contributed by atoms with Crippen LogP contribution in [0.15, 0.2) is 24.3 Å². The van der Waals surface area contributed by atoms with Crippen LogP contribution in [0.5, 0.6) is 5.75 Å². The van der Waals surface area contributed by atoms with Gasteiger partial charge in [0.1, 0.15) is 5.75 Å². The van der Waals surface area contributed by atoms with Crippen LogP contribution in [-0.2, 0) is 13.0 Å². The molecule has 0 atom stereocenters. The Balaban J connectivity index is 2.20. The van der Waals surface area contributed by atoms with Crippen molar-refractivity contribution in [3.8, 4) is 17.0 Å². The first kappa shape index (κ1) is 14.1. The van der Waals surface area contributed by atoms with Crippen molar-refractivity contribution in [2.45, 2.75) is 26.8 Å². The summed E-state index contributed by atoms with van der Waals surface area (Å²) >= 11 is 1.73. The van der Waals surface area contributed by atoms with Crippen molar-refractivity contribution < 1.29 is 4.74 Å². The molecule has 0 aliphatic rings. The molecule has 3 aromatic rings. The molecule has 0 fully saturated rings. The highest BCUT2D eigenvalue weighted by molar-refractivity contribution is 7.17. The molecule has 110 valence electrons. The standard InChI is InChI=1S/C16H19N3OS/c1-4-13-10(2)21-16-18-15(14(9-17)19(13)16)11-5-7-12(20-3)8-6-11/h5-8H,4,9,17H2,1-3H3. The number of hydrogen-bond acceptors (Lipinski definition) is 4. The van der Waals surface area contributed by atoms with E-state index in [1.165, 1.54) is 10.6 Å². The number of thiazole rings is 1. The van der Waals surface area contributed by atoms with Gasteiger partial charge in [0, 0.05) is 22.7 Å². The number of hydrogen-bond donors (Lipinski definition) is 1. The van der Waals surface area contributed by atoms with Gasteiger partial charge >= 0.3 is 0 Å². The fourth-order valence-electron chi connectivity index (χ4n) is 2.71. The lowest BCUT2D eigenvalue weighted by molar-refractivity contribution is 0.415. The zero-order valence-electron chi connectivity index (χ0n) is 12.5. The summed E-state index contributed by atoms with van der Waals surface area (Å²) in [7, 11) is 1.67. The Morgan fingerprint density at radius 2 is 1.95 bits per heavy atom. The number of methoxy groups -OCH3 is 1. The summed E-state index contributed by atoms with van der Waals surface area (Å²) in [4.78, 5) is 7.14. The quantitative estimate of drug-likeness (QED) is 0.803. The van der Waals surface area contributed by atoms with Crippen molar-refractivity contribution in [1.29, 1.82) is 0 Å². The predicted molar refractivity (Wildman–Crippen MR) is 87.1 cm³/mol. The maximum absolute atomic E-state index is 6.01. The van der Waals surface area contributed by atoms with Crippen LogP contribution < -0.4 is 10.5 Å². The van der Waals surface area contributed by atoms with Gasteiger partial charge in [-0.1, -0.05) is 6.92 Å². The summed E-state index contributed by atoms with van der Waals surface area (Å²) in [5.74, 6) is 0.846. The van der Waals surface area contributed by atoms with Gasteiger partial charge < -0.3 is 10.5 Å². The minimum Gasteiger partial charge on any atom is -0.497 e. The monoisotopic (exact) mass is 301 g/mol. The highest BCUT2D eigenvalue weighted by Gasteiger charge is 2.18. The molecule has 2 heterocycles. The van der Waals surface area contributed by atoms with Gasteiger partial charge in [-0.3, -0.25) is 4.40 Å². The van der Waals surface area contributed by atoms with Crippen molar-refractivity contribution >= 4 is 16.3 Å². The zero-order valence-corrected chi connectivity index (χ0v) is 13.3. The molecule has 4 nitrogen and oxygen atoms in total.